The zero-order valence-corrected chi connectivity index (χ0v) is 16.5. The Labute approximate surface area is 169 Å². The number of hydrogen-bond acceptors (Lipinski definition) is 6. The molecule has 29 heavy (non-hydrogen) atoms. The quantitative estimate of drug-likeness (QED) is 0.688. The van der Waals surface area contributed by atoms with E-state index < -0.39 is 0 Å². The molecule has 1 aromatic heterocycles. The monoisotopic (exact) mass is 395 g/mol. The van der Waals surface area contributed by atoms with E-state index in [0.717, 1.165) is 35.4 Å². The van der Waals surface area contributed by atoms with Crippen molar-refractivity contribution in [3.05, 3.63) is 60.0 Å². The highest BCUT2D eigenvalue weighted by atomic mass is 16.6. The number of aryl methyl sites for hydroxylation is 1. The first kappa shape index (κ1) is 19.3. The number of amides is 1. The fourth-order valence-electron chi connectivity index (χ4n) is 3.42. The summed E-state index contributed by atoms with van der Waals surface area (Å²) >= 11 is 0. The Hall–Kier alpha value is -3.06. The van der Waals surface area contributed by atoms with Crippen LogP contribution in [-0.4, -0.2) is 48.3 Å². The minimum atomic E-state index is -0.271. The third kappa shape index (κ3) is 5.06. The lowest BCUT2D eigenvalue weighted by atomic mass is 10.1. The van der Waals surface area contributed by atoms with Crippen LogP contribution in [0, 0.1) is 6.92 Å². The highest BCUT2D eigenvalue weighted by Gasteiger charge is 2.24. The molecule has 7 nitrogen and oxygen atoms in total. The van der Waals surface area contributed by atoms with Crippen molar-refractivity contribution in [3.63, 3.8) is 0 Å². The zero-order valence-electron chi connectivity index (χ0n) is 16.5. The number of oxazole rings is 1. The van der Waals surface area contributed by atoms with Gasteiger partial charge in [0.25, 0.3) is 0 Å². The molecule has 0 bridgehead atoms. The predicted molar refractivity (Wildman–Crippen MR) is 109 cm³/mol. The molecule has 1 amide bonds. The number of benzene rings is 2. The number of carbonyl (C=O) groups excluding carboxylic acids is 1. The highest BCUT2D eigenvalue weighted by Crippen LogP contribution is 2.21. The molecule has 4 rings (SSSR count). The van der Waals surface area contributed by atoms with Crippen molar-refractivity contribution in [2.24, 2.45) is 0 Å². The first-order chi connectivity index (χ1) is 14.2. The topological polar surface area (TPSA) is 76.8 Å². The molecule has 0 aliphatic carbocycles. The van der Waals surface area contributed by atoms with E-state index in [4.69, 9.17) is 13.9 Å². The number of nitrogens with one attached hydrogen (secondary N) is 1. The highest BCUT2D eigenvalue weighted by molar-refractivity contribution is 5.74. The molecule has 7 heteroatoms. The maximum absolute atomic E-state index is 12.4. The van der Waals surface area contributed by atoms with Gasteiger partial charge < -0.3 is 24.1 Å². The van der Waals surface area contributed by atoms with Crippen molar-refractivity contribution in [2.45, 2.75) is 26.0 Å². The summed E-state index contributed by atoms with van der Waals surface area (Å²) in [4.78, 5) is 18.4. The number of hydrogen-bond donors (Lipinski definition) is 1. The van der Waals surface area contributed by atoms with Crippen molar-refractivity contribution in [2.75, 3.05) is 26.2 Å². The van der Waals surface area contributed by atoms with Gasteiger partial charge >= 0.3 is 6.09 Å². The van der Waals surface area contributed by atoms with E-state index in [-0.39, 0.29) is 12.1 Å². The van der Waals surface area contributed by atoms with E-state index in [2.05, 4.69) is 10.3 Å². The minimum Gasteiger partial charge on any atom is -0.493 e. The lowest BCUT2D eigenvalue weighted by molar-refractivity contribution is 0.0827. The van der Waals surface area contributed by atoms with Crippen molar-refractivity contribution in [3.8, 4) is 5.75 Å². The summed E-state index contributed by atoms with van der Waals surface area (Å²) in [7, 11) is 0. The Morgan fingerprint density at radius 3 is 3.00 bits per heavy atom. The van der Waals surface area contributed by atoms with Crippen LogP contribution in [0.1, 0.15) is 17.9 Å². The van der Waals surface area contributed by atoms with E-state index in [1.165, 1.54) is 0 Å². The number of nitrogens with zero attached hydrogens (tertiary/aromatic N) is 2. The normalized spacial score (nSPS) is 16.7. The SMILES string of the molecule is Cc1nc2ccc(OCC[C@@H]3CN(C(=O)OCc4ccccc4)CCN3)cc2o1. The van der Waals surface area contributed by atoms with Gasteiger partial charge in [-0.2, -0.15) is 0 Å². The Balaban J connectivity index is 1.23. The van der Waals surface area contributed by atoms with Gasteiger partial charge in [-0.25, -0.2) is 9.78 Å². The Bertz CT molecular complexity index is 957. The number of piperazine rings is 1. The van der Waals surface area contributed by atoms with Crippen LogP contribution >= 0.6 is 0 Å². The van der Waals surface area contributed by atoms with Gasteiger partial charge in [-0.05, 0) is 24.1 Å². The predicted octanol–water partition coefficient (Wildman–Crippen LogP) is 3.52. The van der Waals surface area contributed by atoms with Crippen molar-refractivity contribution >= 4 is 17.2 Å². The molecule has 3 aromatic rings. The average molecular weight is 395 g/mol. The van der Waals surface area contributed by atoms with E-state index in [9.17, 15) is 4.79 Å². The van der Waals surface area contributed by atoms with Crippen LogP contribution in [0.2, 0.25) is 0 Å². The molecule has 2 aromatic carbocycles. The maximum atomic E-state index is 12.4. The van der Waals surface area contributed by atoms with Crippen LogP contribution < -0.4 is 10.1 Å². The molecule has 1 saturated heterocycles. The largest absolute Gasteiger partial charge is 0.493 e. The molecule has 1 N–H and O–H groups in total. The summed E-state index contributed by atoms with van der Waals surface area (Å²) < 4.78 is 16.8. The lowest BCUT2D eigenvalue weighted by Crippen LogP contribution is -2.53. The smallest absolute Gasteiger partial charge is 0.410 e. The first-order valence-corrected chi connectivity index (χ1v) is 9.86. The third-order valence-electron chi connectivity index (χ3n) is 4.92. The van der Waals surface area contributed by atoms with Gasteiger partial charge in [0.2, 0.25) is 0 Å². The Morgan fingerprint density at radius 1 is 1.28 bits per heavy atom. The standard InChI is InChI=1S/C22H25N3O4/c1-16-24-20-8-7-19(13-21(20)29-16)27-12-9-18-14-25(11-10-23-18)22(26)28-15-17-5-3-2-4-6-17/h2-8,13,18,23H,9-12,14-15H2,1H3/t18-/m1/s1. The minimum absolute atomic E-state index is 0.171. The number of fused-ring (bicyclic) bond motifs is 1. The van der Waals surface area contributed by atoms with Crippen LogP contribution in [-0.2, 0) is 11.3 Å². The summed E-state index contributed by atoms with van der Waals surface area (Å²) in [6.07, 6.45) is 0.517. The molecule has 1 atom stereocenters. The van der Waals surface area contributed by atoms with E-state index in [1.54, 1.807) is 4.90 Å². The van der Waals surface area contributed by atoms with Crippen LogP contribution in [0.5, 0.6) is 5.75 Å². The van der Waals surface area contributed by atoms with Crippen molar-refractivity contribution in [1.82, 2.24) is 15.2 Å². The van der Waals surface area contributed by atoms with Gasteiger partial charge in [0.15, 0.2) is 11.5 Å². The second-order valence-electron chi connectivity index (χ2n) is 7.14. The summed E-state index contributed by atoms with van der Waals surface area (Å²) in [5, 5.41) is 3.44. The first-order valence-electron chi connectivity index (χ1n) is 9.86. The number of rotatable bonds is 6. The average Bonchev–Trinajstić information content (AvgIpc) is 3.12. The lowest BCUT2D eigenvalue weighted by Gasteiger charge is -2.33. The van der Waals surface area contributed by atoms with Gasteiger partial charge in [0, 0.05) is 38.7 Å². The van der Waals surface area contributed by atoms with Gasteiger partial charge in [-0.1, -0.05) is 30.3 Å². The van der Waals surface area contributed by atoms with Crippen molar-refractivity contribution < 1.29 is 18.7 Å². The summed E-state index contributed by atoms with van der Waals surface area (Å²) in [6, 6.07) is 15.5. The molecule has 0 radical (unpaired) electrons. The maximum Gasteiger partial charge on any atom is 0.410 e. The van der Waals surface area contributed by atoms with Crippen LogP contribution in [0.15, 0.2) is 52.9 Å². The molecule has 1 aliphatic rings. The molecule has 1 aliphatic heterocycles. The number of ether oxygens (including phenoxy) is 2. The summed E-state index contributed by atoms with van der Waals surface area (Å²) in [5.74, 6) is 1.39. The van der Waals surface area contributed by atoms with Crippen molar-refractivity contribution in [1.29, 1.82) is 0 Å². The number of carbonyl (C=O) groups is 1. The number of aromatic nitrogens is 1. The molecule has 0 unspecified atom stereocenters. The van der Waals surface area contributed by atoms with Crippen LogP contribution in [0.3, 0.4) is 0 Å². The van der Waals surface area contributed by atoms with Gasteiger partial charge in [0.1, 0.15) is 17.9 Å². The second-order valence-corrected chi connectivity index (χ2v) is 7.14. The molecular formula is C22H25N3O4. The van der Waals surface area contributed by atoms with Crippen LogP contribution in [0.4, 0.5) is 4.79 Å². The molecule has 2 heterocycles. The molecule has 1 fully saturated rings. The third-order valence-corrected chi connectivity index (χ3v) is 4.92. The summed E-state index contributed by atoms with van der Waals surface area (Å²) in [5.41, 5.74) is 2.54. The fourth-order valence-corrected chi connectivity index (χ4v) is 3.42. The van der Waals surface area contributed by atoms with Crippen LogP contribution in [0.25, 0.3) is 11.1 Å². The molecule has 152 valence electrons. The summed E-state index contributed by atoms with van der Waals surface area (Å²) in [6.45, 7) is 4.66. The zero-order chi connectivity index (χ0) is 20.1. The second kappa shape index (κ2) is 8.96. The van der Waals surface area contributed by atoms with Gasteiger partial charge in [-0.3, -0.25) is 0 Å². The molecule has 0 saturated carbocycles. The van der Waals surface area contributed by atoms with Gasteiger partial charge in [0.05, 0.1) is 6.61 Å². The van der Waals surface area contributed by atoms with E-state index in [1.807, 2.05) is 55.5 Å². The van der Waals surface area contributed by atoms with Gasteiger partial charge in [-0.15, -0.1) is 0 Å². The Kier molecular flexibility index (Phi) is 5.95. The van der Waals surface area contributed by atoms with E-state index >= 15 is 0 Å². The van der Waals surface area contributed by atoms with E-state index in [0.29, 0.717) is 32.2 Å². The fraction of sp³-hybridized carbons (Fsp3) is 0.364. The molecular weight excluding hydrogens is 370 g/mol. The molecule has 0 spiro atoms. The Morgan fingerprint density at radius 2 is 2.14 bits per heavy atom.